The quantitative estimate of drug-likeness (QED) is 0.307. The summed E-state index contributed by atoms with van der Waals surface area (Å²) in [4.78, 5) is 28.3. The van der Waals surface area contributed by atoms with E-state index < -0.39 is 0 Å². The third kappa shape index (κ3) is 4.02. The maximum atomic E-state index is 13.4. The third-order valence-electron chi connectivity index (χ3n) is 9.10. The topological polar surface area (TPSA) is 140 Å². The number of hydrogen-bond acceptors (Lipinski definition) is 8. The molecule has 1 aromatic carbocycles. The number of amides is 1. The van der Waals surface area contributed by atoms with E-state index in [2.05, 4.69) is 38.5 Å². The van der Waals surface area contributed by atoms with E-state index in [1.807, 2.05) is 41.6 Å². The number of nitrogens with zero attached hydrogens (tertiary/aromatic N) is 7. The molecule has 42 heavy (non-hydrogen) atoms. The number of pyridine rings is 1. The van der Waals surface area contributed by atoms with Crippen LogP contribution in [0.4, 0.5) is 5.82 Å². The molecule has 4 aromatic heterocycles. The lowest BCUT2D eigenvalue weighted by Crippen LogP contribution is -2.46. The van der Waals surface area contributed by atoms with Crippen LogP contribution < -0.4 is 10.5 Å². The number of anilines is 1. The summed E-state index contributed by atoms with van der Waals surface area (Å²) in [5, 5.41) is 12.6. The average Bonchev–Trinajstić information content (AvgIpc) is 3.47. The Kier molecular flexibility index (Phi) is 5.73. The number of carbonyl (C=O) groups is 1. The molecule has 2 aliphatic heterocycles. The normalized spacial score (nSPS) is 21.6. The fourth-order valence-electron chi connectivity index (χ4n) is 6.97. The van der Waals surface area contributed by atoms with Gasteiger partial charge in [0.1, 0.15) is 5.82 Å². The van der Waals surface area contributed by atoms with Crippen molar-refractivity contribution in [1.82, 2.24) is 39.7 Å². The van der Waals surface area contributed by atoms with Gasteiger partial charge in [-0.2, -0.15) is 9.61 Å². The highest BCUT2D eigenvalue weighted by molar-refractivity contribution is 5.91. The highest BCUT2D eigenvalue weighted by atomic mass is 16.5. The van der Waals surface area contributed by atoms with Gasteiger partial charge < -0.3 is 15.4 Å². The molecule has 1 saturated carbocycles. The van der Waals surface area contributed by atoms with Crippen molar-refractivity contribution < 1.29 is 9.53 Å². The van der Waals surface area contributed by atoms with Gasteiger partial charge >= 0.3 is 6.01 Å². The SMILES string of the molecule is COc1nnc(C(=O)N2C3CCC2CC(c2nc4c(-c5ccc(-c6ccccc6)nc5)cnn4c(N)c2C2CC2)C3)[nH]1. The van der Waals surface area contributed by atoms with E-state index in [-0.39, 0.29) is 35.7 Å². The van der Waals surface area contributed by atoms with Gasteiger partial charge in [0.2, 0.25) is 5.82 Å². The zero-order valence-corrected chi connectivity index (χ0v) is 23.3. The van der Waals surface area contributed by atoms with Crippen LogP contribution in [-0.4, -0.2) is 64.8 Å². The first-order chi connectivity index (χ1) is 20.6. The standard InChI is InChI=1S/C31H31N9O2/c1-42-31-36-28(37-38-31)30(41)39-21-10-11-22(39)14-20(13-21)26-25(18-7-8-18)27(32)40-29(35-26)23(16-34-40)19-9-12-24(33-15-19)17-5-3-2-4-6-17/h2-6,9,12,15-16,18,20-22H,7-8,10-11,13-14,32H2,1H3,(H,36,37,38). The van der Waals surface area contributed by atoms with Crippen molar-refractivity contribution in [2.24, 2.45) is 0 Å². The number of fused-ring (bicyclic) bond motifs is 3. The number of benzene rings is 1. The summed E-state index contributed by atoms with van der Waals surface area (Å²) in [5.74, 6) is 1.40. The second-order valence-corrected chi connectivity index (χ2v) is 11.6. The molecule has 3 fully saturated rings. The Balaban J connectivity index is 1.14. The van der Waals surface area contributed by atoms with Crippen LogP contribution in [0.3, 0.4) is 0 Å². The number of H-pyrrole nitrogens is 1. The molecule has 212 valence electrons. The van der Waals surface area contributed by atoms with Gasteiger partial charge in [-0.25, -0.2) is 4.98 Å². The molecule has 2 unspecified atom stereocenters. The summed E-state index contributed by atoms with van der Waals surface area (Å²) in [6.07, 6.45) is 9.56. The van der Waals surface area contributed by atoms with E-state index in [9.17, 15) is 4.79 Å². The number of aromatic amines is 1. The fourth-order valence-corrected chi connectivity index (χ4v) is 6.97. The van der Waals surface area contributed by atoms with E-state index in [1.54, 1.807) is 4.52 Å². The lowest BCUT2D eigenvalue weighted by Gasteiger charge is -2.39. The third-order valence-corrected chi connectivity index (χ3v) is 9.10. The monoisotopic (exact) mass is 561 g/mol. The van der Waals surface area contributed by atoms with E-state index in [4.69, 9.17) is 20.4 Å². The molecule has 2 bridgehead atoms. The van der Waals surface area contributed by atoms with Crippen LogP contribution >= 0.6 is 0 Å². The predicted molar refractivity (Wildman–Crippen MR) is 156 cm³/mol. The maximum Gasteiger partial charge on any atom is 0.314 e. The average molecular weight is 562 g/mol. The summed E-state index contributed by atoms with van der Waals surface area (Å²) in [6.45, 7) is 0. The molecule has 6 heterocycles. The zero-order valence-electron chi connectivity index (χ0n) is 23.3. The summed E-state index contributed by atoms with van der Waals surface area (Å²) in [7, 11) is 1.50. The van der Waals surface area contributed by atoms with Crippen molar-refractivity contribution in [3.8, 4) is 28.4 Å². The number of rotatable bonds is 6. The van der Waals surface area contributed by atoms with Crippen LogP contribution in [0.25, 0.3) is 28.0 Å². The van der Waals surface area contributed by atoms with Crippen LogP contribution in [0.1, 0.15) is 72.2 Å². The molecular weight excluding hydrogens is 530 g/mol. The number of ether oxygens (including phenoxy) is 1. The van der Waals surface area contributed by atoms with Crippen molar-refractivity contribution in [2.45, 2.75) is 62.4 Å². The number of carbonyl (C=O) groups excluding carboxylic acids is 1. The first kappa shape index (κ1) is 25.0. The van der Waals surface area contributed by atoms with Crippen LogP contribution in [-0.2, 0) is 0 Å². The summed E-state index contributed by atoms with van der Waals surface area (Å²) in [6, 6.07) is 14.7. The molecule has 2 saturated heterocycles. The first-order valence-corrected chi connectivity index (χ1v) is 14.6. The Morgan fingerprint density at radius 2 is 1.74 bits per heavy atom. The molecule has 11 nitrogen and oxygen atoms in total. The minimum atomic E-state index is -0.119. The van der Waals surface area contributed by atoms with Crippen LogP contribution in [0.5, 0.6) is 6.01 Å². The second kappa shape index (κ2) is 9.64. The predicted octanol–water partition coefficient (Wildman–Crippen LogP) is 4.60. The molecule has 11 heteroatoms. The Bertz CT molecular complexity index is 1780. The van der Waals surface area contributed by atoms with Gasteiger partial charge in [0.15, 0.2) is 5.65 Å². The smallest absolute Gasteiger partial charge is 0.314 e. The van der Waals surface area contributed by atoms with E-state index in [1.165, 1.54) is 7.11 Å². The zero-order chi connectivity index (χ0) is 28.4. The van der Waals surface area contributed by atoms with Crippen molar-refractivity contribution >= 4 is 17.4 Å². The lowest BCUT2D eigenvalue weighted by molar-refractivity contribution is 0.0556. The number of nitrogens with one attached hydrogen (secondary N) is 1. The molecule has 1 amide bonds. The van der Waals surface area contributed by atoms with E-state index in [0.29, 0.717) is 11.7 Å². The number of piperidine rings is 1. The summed E-state index contributed by atoms with van der Waals surface area (Å²) in [5.41, 5.74) is 13.7. The second-order valence-electron chi connectivity index (χ2n) is 11.6. The van der Waals surface area contributed by atoms with E-state index in [0.717, 1.165) is 77.8 Å². The largest absolute Gasteiger partial charge is 0.467 e. The minimum Gasteiger partial charge on any atom is -0.467 e. The summed E-state index contributed by atoms with van der Waals surface area (Å²) >= 11 is 0. The van der Waals surface area contributed by atoms with Gasteiger partial charge in [-0.15, -0.1) is 5.10 Å². The first-order valence-electron chi connectivity index (χ1n) is 14.6. The van der Waals surface area contributed by atoms with Crippen molar-refractivity contribution in [3.63, 3.8) is 0 Å². The molecule has 3 N–H and O–H groups in total. The Hall–Kier alpha value is -4.80. The Labute approximate surface area is 242 Å². The number of aromatic nitrogens is 7. The Morgan fingerprint density at radius 3 is 2.40 bits per heavy atom. The number of methoxy groups -OCH3 is 1. The van der Waals surface area contributed by atoms with Crippen LogP contribution in [0.2, 0.25) is 0 Å². The maximum absolute atomic E-state index is 13.4. The van der Waals surface area contributed by atoms with Crippen molar-refractivity contribution in [2.75, 3.05) is 12.8 Å². The molecule has 5 aromatic rings. The van der Waals surface area contributed by atoms with Crippen molar-refractivity contribution in [3.05, 3.63) is 71.9 Å². The highest BCUT2D eigenvalue weighted by Crippen LogP contribution is 2.50. The Morgan fingerprint density at radius 1 is 0.952 bits per heavy atom. The van der Waals surface area contributed by atoms with Gasteiger partial charge in [0.25, 0.3) is 5.91 Å². The molecular formula is C31H31N9O2. The van der Waals surface area contributed by atoms with E-state index >= 15 is 0 Å². The van der Waals surface area contributed by atoms with Crippen LogP contribution in [0, 0.1) is 0 Å². The fraction of sp³-hybridized carbons (Fsp3) is 0.355. The lowest BCUT2D eigenvalue weighted by atomic mass is 9.85. The van der Waals surface area contributed by atoms with Gasteiger partial charge in [-0.05, 0) is 50.5 Å². The molecule has 0 radical (unpaired) electrons. The van der Waals surface area contributed by atoms with Crippen LogP contribution in [0.15, 0.2) is 54.9 Å². The number of nitrogen functional groups attached to an aromatic ring is 1. The van der Waals surface area contributed by atoms with Gasteiger partial charge in [-0.1, -0.05) is 41.5 Å². The van der Waals surface area contributed by atoms with Gasteiger partial charge in [0, 0.05) is 46.5 Å². The molecule has 2 atom stereocenters. The minimum absolute atomic E-state index is 0.114. The van der Waals surface area contributed by atoms with Crippen molar-refractivity contribution in [1.29, 1.82) is 0 Å². The molecule has 0 spiro atoms. The van der Waals surface area contributed by atoms with Gasteiger partial charge in [0.05, 0.1) is 24.7 Å². The summed E-state index contributed by atoms with van der Waals surface area (Å²) < 4.78 is 6.89. The number of nitrogens with two attached hydrogens (primary N) is 1. The highest BCUT2D eigenvalue weighted by Gasteiger charge is 2.46. The molecule has 3 aliphatic rings. The molecule has 8 rings (SSSR count). The number of hydrogen-bond donors (Lipinski definition) is 2. The van der Waals surface area contributed by atoms with Gasteiger partial charge in [-0.3, -0.25) is 14.8 Å². The molecule has 1 aliphatic carbocycles.